The number of likely N-dealkylation sites (N-methyl/N-ethyl adjacent to an activating group) is 1. The molecule has 7 nitrogen and oxygen atoms in total. The van der Waals surface area contributed by atoms with Gasteiger partial charge in [0.2, 0.25) is 11.8 Å². The number of benzene rings is 2. The van der Waals surface area contributed by atoms with Gasteiger partial charge in [0.15, 0.2) is 0 Å². The second kappa shape index (κ2) is 10.4. The van der Waals surface area contributed by atoms with Gasteiger partial charge in [0.25, 0.3) is 0 Å². The summed E-state index contributed by atoms with van der Waals surface area (Å²) in [6.45, 7) is -0.139. The lowest BCUT2D eigenvalue weighted by Gasteiger charge is -2.16. The third-order valence-electron chi connectivity index (χ3n) is 3.98. The van der Waals surface area contributed by atoms with Crippen molar-refractivity contribution in [3.05, 3.63) is 53.1 Å². The molecule has 0 bridgehead atoms. The van der Waals surface area contributed by atoms with Crippen molar-refractivity contribution in [3.8, 4) is 17.2 Å². The van der Waals surface area contributed by atoms with Gasteiger partial charge < -0.3 is 24.4 Å². The predicted octanol–water partition coefficient (Wildman–Crippen LogP) is 3.48. The van der Waals surface area contributed by atoms with Crippen LogP contribution in [0.5, 0.6) is 17.2 Å². The van der Waals surface area contributed by atoms with Crippen molar-refractivity contribution in [2.24, 2.45) is 0 Å². The average Bonchev–Trinajstić information content (AvgIpc) is 2.71. The van der Waals surface area contributed by atoms with Gasteiger partial charge in [-0.1, -0.05) is 11.6 Å². The number of nitrogens with one attached hydrogen (secondary N) is 1. The number of carbonyl (C=O) groups excluding carboxylic acids is 2. The molecule has 0 aliphatic carbocycles. The minimum Gasteiger partial charge on any atom is -0.497 e. The molecular weight excluding hydrogens is 396 g/mol. The minimum absolute atomic E-state index is 0.139. The number of carbonyl (C=O) groups is 2. The highest BCUT2D eigenvalue weighted by Gasteiger charge is 2.13. The zero-order chi connectivity index (χ0) is 21.4. The number of amides is 2. The van der Waals surface area contributed by atoms with Crippen LogP contribution in [0.15, 0.2) is 42.5 Å². The van der Waals surface area contributed by atoms with E-state index >= 15 is 0 Å². The highest BCUT2D eigenvalue weighted by atomic mass is 35.5. The van der Waals surface area contributed by atoms with Crippen LogP contribution in [0.1, 0.15) is 5.56 Å². The molecule has 2 amide bonds. The van der Waals surface area contributed by atoms with E-state index in [9.17, 15) is 9.59 Å². The van der Waals surface area contributed by atoms with Crippen LogP contribution >= 0.6 is 11.6 Å². The summed E-state index contributed by atoms with van der Waals surface area (Å²) in [5, 5.41) is 3.15. The number of hydrogen-bond acceptors (Lipinski definition) is 5. The molecule has 0 fully saturated rings. The largest absolute Gasteiger partial charge is 0.497 e. The van der Waals surface area contributed by atoms with Gasteiger partial charge in [-0.2, -0.15) is 0 Å². The average molecular weight is 419 g/mol. The van der Waals surface area contributed by atoms with Gasteiger partial charge in [0.1, 0.15) is 17.2 Å². The van der Waals surface area contributed by atoms with Crippen molar-refractivity contribution in [2.75, 3.05) is 40.2 Å². The number of rotatable bonds is 8. The lowest BCUT2D eigenvalue weighted by molar-refractivity contribution is -0.129. The molecule has 154 valence electrons. The van der Waals surface area contributed by atoms with Gasteiger partial charge in [-0.3, -0.25) is 9.59 Å². The van der Waals surface area contributed by atoms with Gasteiger partial charge in [0.05, 0.1) is 33.6 Å². The molecule has 0 unspecified atom stereocenters. The van der Waals surface area contributed by atoms with Gasteiger partial charge in [-0.15, -0.1) is 0 Å². The van der Waals surface area contributed by atoms with E-state index in [-0.39, 0.29) is 18.4 Å². The standard InChI is InChI=1S/C21H23ClN2O5/c1-24(13-20(25)23-18-11-15(22)6-7-19(18)29-4)21(26)8-5-14-9-16(27-2)12-17(10-14)28-3/h5-12H,13H2,1-4H3,(H,23,25)/b8-5+. The molecule has 2 rings (SSSR count). The number of hydrogen-bond donors (Lipinski definition) is 1. The van der Waals surface area contributed by atoms with Gasteiger partial charge in [-0.05, 0) is 42.0 Å². The van der Waals surface area contributed by atoms with E-state index in [1.165, 1.54) is 25.1 Å². The molecule has 0 atom stereocenters. The summed E-state index contributed by atoms with van der Waals surface area (Å²) in [5.74, 6) is 0.987. The molecule has 0 radical (unpaired) electrons. The first-order chi connectivity index (χ1) is 13.9. The molecule has 0 spiro atoms. The molecule has 2 aromatic carbocycles. The molecule has 29 heavy (non-hydrogen) atoms. The lowest BCUT2D eigenvalue weighted by atomic mass is 10.2. The summed E-state index contributed by atoms with van der Waals surface area (Å²) >= 11 is 5.96. The molecule has 0 heterocycles. The first kappa shape index (κ1) is 22.1. The van der Waals surface area contributed by atoms with Crippen LogP contribution in [-0.4, -0.2) is 51.6 Å². The van der Waals surface area contributed by atoms with E-state index < -0.39 is 0 Å². The first-order valence-electron chi connectivity index (χ1n) is 8.66. The van der Waals surface area contributed by atoms with Crippen molar-refractivity contribution in [2.45, 2.75) is 0 Å². The fourth-order valence-electron chi connectivity index (χ4n) is 2.48. The topological polar surface area (TPSA) is 77.1 Å². The SMILES string of the molecule is COc1cc(/C=C/C(=O)N(C)CC(=O)Nc2cc(Cl)ccc2OC)cc(OC)c1. The third-order valence-corrected chi connectivity index (χ3v) is 4.22. The van der Waals surface area contributed by atoms with Gasteiger partial charge in [0, 0.05) is 24.2 Å². The zero-order valence-corrected chi connectivity index (χ0v) is 17.4. The van der Waals surface area contributed by atoms with Crippen LogP contribution < -0.4 is 19.5 Å². The molecule has 0 aliphatic heterocycles. The van der Waals surface area contributed by atoms with Gasteiger partial charge >= 0.3 is 0 Å². The van der Waals surface area contributed by atoms with Crippen molar-refractivity contribution in [3.63, 3.8) is 0 Å². The molecule has 0 saturated carbocycles. The molecule has 0 aliphatic rings. The van der Waals surface area contributed by atoms with E-state index in [1.807, 2.05) is 0 Å². The second-order valence-electron chi connectivity index (χ2n) is 6.07. The lowest BCUT2D eigenvalue weighted by Crippen LogP contribution is -2.33. The summed E-state index contributed by atoms with van der Waals surface area (Å²) in [7, 11) is 6.13. The summed E-state index contributed by atoms with van der Waals surface area (Å²) in [4.78, 5) is 25.9. The van der Waals surface area contributed by atoms with Crippen LogP contribution in [0.25, 0.3) is 6.08 Å². The number of nitrogens with zero attached hydrogens (tertiary/aromatic N) is 1. The normalized spacial score (nSPS) is 10.5. The highest BCUT2D eigenvalue weighted by molar-refractivity contribution is 6.31. The Morgan fingerprint density at radius 2 is 1.69 bits per heavy atom. The zero-order valence-electron chi connectivity index (χ0n) is 16.7. The Kier molecular flexibility index (Phi) is 7.91. The van der Waals surface area contributed by atoms with Crippen molar-refractivity contribution in [1.82, 2.24) is 4.90 Å². The van der Waals surface area contributed by atoms with E-state index in [0.29, 0.717) is 28.0 Å². The molecule has 1 N–H and O–H groups in total. The maximum Gasteiger partial charge on any atom is 0.246 e. The Hall–Kier alpha value is -3.19. The Labute approximate surface area is 174 Å². The Bertz CT molecular complexity index is 892. The Morgan fingerprint density at radius 1 is 1.03 bits per heavy atom. The number of halogens is 1. The minimum atomic E-state index is -0.377. The summed E-state index contributed by atoms with van der Waals surface area (Å²) in [6, 6.07) is 10.2. The summed E-state index contributed by atoms with van der Waals surface area (Å²) in [6.07, 6.45) is 3.00. The maximum absolute atomic E-state index is 12.3. The maximum atomic E-state index is 12.3. The fourth-order valence-corrected chi connectivity index (χ4v) is 2.65. The number of ether oxygens (including phenoxy) is 3. The molecule has 2 aromatic rings. The van der Waals surface area contributed by atoms with Gasteiger partial charge in [-0.25, -0.2) is 0 Å². The van der Waals surface area contributed by atoms with Crippen molar-refractivity contribution in [1.29, 1.82) is 0 Å². The Balaban J connectivity index is 2.01. The summed E-state index contributed by atoms with van der Waals surface area (Å²) < 4.78 is 15.6. The monoisotopic (exact) mass is 418 g/mol. The van der Waals surface area contributed by atoms with Crippen LogP contribution in [0, 0.1) is 0 Å². The van der Waals surface area contributed by atoms with E-state index in [0.717, 1.165) is 5.56 Å². The molecule has 0 aromatic heterocycles. The van der Waals surface area contributed by atoms with E-state index in [1.54, 1.807) is 56.7 Å². The van der Waals surface area contributed by atoms with Crippen LogP contribution in [0.3, 0.4) is 0 Å². The highest BCUT2D eigenvalue weighted by Crippen LogP contribution is 2.27. The quantitative estimate of drug-likeness (QED) is 0.664. The number of methoxy groups -OCH3 is 3. The molecule has 8 heteroatoms. The van der Waals surface area contributed by atoms with Crippen LogP contribution in [-0.2, 0) is 9.59 Å². The second-order valence-corrected chi connectivity index (χ2v) is 6.50. The van der Waals surface area contributed by atoms with E-state index in [2.05, 4.69) is 5.32 Å². The molecule has 0 saturated heterocycles. The summed E-state index contributed by atoms with van der Waals surface area (Å²) in [5.41, 5.74) is 1.17. The van der Waals surface area contributed by atoms with Crippen LogP contribution in [0.4, 0.5) is 5.69 Å². The van der Waals surface area contributed by atoms with E-state index in [4.69, 9.17) is 25.8 Å². The molecular formula is C21H23ClN2O5. The van der Waals surface area contributed by atoms with Crippen molar-refractivity contribution >= 4 is 35.2 Å². The smallest absolute Gasteiger partial charge is 0.246 e. The Morgan fingerprint density at radius 3 is 2.28 bits per heavy atom. The number of anilines is 1. The third kappa shape index (κ3) is 6.43. The fraction of sp³-hybridized carbons (Fsp3) is 0.238. The predicted molar refractivity (Wildman–Crippen MR) is 113 cm³/mol. The first-order valence-corrected chi connectivity index (χ1v) is 9.03. The van der Waals surface area contributed by atoms with Crippen LogP contribution in [0.2, 0.25) is 5.02 Å². The van der Waals surface area contributed by atoms with Crippen molar-refractivity contribution < 1.29 is 23.8 Å².